The van der Waals surface area contributed by atoms with E-state index in [1.165, 1.54) is 18.2 Å². The Kier molecular flexibility index (Phi) is 4.47. The predicted molar refractivity (Wildman–Crippen MR) is 78.4 cm³/mol. The summed E-state index contributed by atoms with van der Waals surface area (Å²) in [5, 5.41) is 19.7. The van der Waals surface area contributed by atoms with Crippen molar-refractivity contribution in [1.29, 1.82) is 0 Å². The van der Waals surface area contributed by atoms with Crippen molar-refractivity contribution < 1.29 is 23.5 Å². The van der Waals surface area contributed by atoms with E-state index in [2.05, 4.69) is 4.65 Å². The molecule has 0 unspecified atom stereocenters. The van der Waals surface area contributed by atoms with Crippen molar-refractivity contribution in [2.45, 2.75) is 6.92 Å². The second-order valence-electron chi connectivity index (χ2n) is 4.45. The summed E-state index contributed by atoms with van der Waals surface area (Å²) >= 11 is 0. The van der Waals surface area contributed by atoms with Crippen LogP contribution < -0.4 is 4.65 Å². The summed E-state index contributed by atoms with van der Waals surface area (Å²) in [7, 11) is -3.01. The van der Waals surface area contributed by atoms with Gasteiger partial charge in [0, 0.05) is 0 Å². The molecule has 0 bridgehead atoms. The molecule has 0 fully saturated rings. The summed E-state index contributed by atoms with van der Waals surface area (Å²) in [4.78, 5) is 0. The molecule has 0 radical (unpaired) electrons. The zero-order valence-corrected chi connectivity index (χ0v) is 11.3. The molecule has 1 aliphatic carbocycles. The number of aromatic hydroxyl groups is 1. The zero-order valence-electron chi connectivity index (χ0n) is 11.3. The van der Waals surface area contributed by atoms with Gasteiger partial charge in [0.05, 0.1) is 5.56 Å². The SMILES string of the molecule is Cc1cc(OB(F)F)c(C(O)=CC=C2C=CC=C2)cc1O. The van der Waals surface area contributed by atoms with Gasteiger partial charge >= 0.3 is 7.47 Å². The Morgan fingerprint density at radius 3 is 2.52 bits per heavy atom. The smallest absolute Gasteiger partial charge is 0.508 e. The van der Waals surface area contributed by atoms with Gasteiger partial charge in [0.15, 0.2) is 0 Å². The number of halogens is 2. The van der Waals surface area contributed by atoms with Crippen LogP contribution in [0.1, 0.15) is 11.1 Å². The third-order valence-electron chi connectivity index (χ3n) is 2.91. The lowest BCUT2D eigenvalue weighted by molar-refractivity contribution is 0.418. The number of aliphatic hydroxyl groups excluding tert-OH is 1. The number of allylic oxidation sites excluding steroid dienone is 7. The number of rotatable bonds is 4. The molecule has 2 N–H and O–H groups in total. The van der Waals surface area contributed by atoms with E-state index in [0.717, 1.165) is 5.57 Å². The van der Waals surface area contributed by atoms with Crippen molar-refractivity contribution in [3.8, 4) is 11.5 Å². The van der Waals surface area contributed by atoms with Crippen LogP contribution in [0, 0.1) is 6.92 Å². The molecule has 6 heteroatoms. The van der Waals surface area contributed by atoms with Crippen LogP contribution in [0.3, 0.4) is 0 Å². The van der Waals surface area contributed by atoms with Gasteiger partial charge in [0.25, 0.3) is 0 Å². The maximum absolute atomic E-state index is 12.4. The number of phenolic OH excluding ortho intramolecular Hbond substituents is 1. The topological polar surface area (TPSA) is 49.7 Å². The fourth-order valence-electron chi connectivity index (χ4n) is 1.83. The second kappa shape index (κ2) is 6.30. The van der Waals surface area contributed by atoms with Gasteiger partial charge in [-0.15, -0.1) is 0 Å². The van der Waals surface area contributed by atoms with Crippen LogP contribution >= 0.6 is 0 Å². The lowest BCUT2D eigenvalue weighted by Crippen LogP contribution is -2.10. The van der Waals surface area contributed by atoms with Crippen molar-refractivity contribution in [3.63, 3.8) is 0 Å². The summed E-state index contributed by atoms with van der Waals surface area (Å²) in [6.07, 6.45) is 10.3. The van der Waals surface area contributed by atoms with Crippen molar-refractivity contribution in [3.05, 3.63) is 65.3 Å². The molecule has 0 amide bonds. The van der Waals surface area contributed by atoms with E-state index >= 15 is 0 Å². The van der Waals surface area contributed by atoms with Gasteiger partial charge in [-0.05, 0) is 36.3 Å². The lowest BCUT2D eigenvalue weighted by atomic mass is 10.1. The monoisotopic (exact) mass is 290 g/mol. The Balaban J connectivity index is 2.38. The van der Waals surface area contributed by atoms with Crippen LogP contribution in [0.15, 0.2) is 54.2 Å². The maximum Gasteiger partial charge on any atom is 0.796 e. The van der Waals surface area contributed by atoms with Gasteiger partial charge in [0.2, 0.25) is 0 Å². The van der Waals surface area contributed by atoms with Gasteiger partial charge in [-0.3, -0.25) is 0 Å². The molecular formula is C15H13BF2O3. The van der Waals surface area contributed by atoms with Crippen LogP contribution in [0.5, 0.6) is 11.5 Å². The van der Waals surface area contributed by atoms with Gasteiger partial charge in [-0.2, -0.15) is 0 Å². The number of phenols is 1. The Bertz CT molecular complexity index is 647. The fraction of sp³-hybridized carbons (Fsp3) is 0.0667. The first-order valence-electron chi connectivity index (χ1n) is 6.22. The highest BCUT2D eigenvalue weighted by atomic mass is 19.2. The first-order valence-corrected chi connectivity index (χ1v) is 6.22. The summed E-state index contributed by atoms with van der Waals surface area (Å²) in [6.45, 7) is 1.55. The minimum absolute atomic E-state index is 0.00112. The first-order chi connectivity index (χ1) is 9.97. The third kappa shape index (κ3) is 3.75. The highest BCUT2D eigenvalue weighted by molar-refractivity contribution is 6.35. The quantitative estimate of drug-likeness (QED) is 0.652. The number of benzene rings is 1. The number of hydrogen-bond acceptors (Lipinski definition) is 3. The molecule has 1 aromatic rings. The summed E-state index contributed by atoms with van der Waals surface area (Å²) in [5.74, 6) is -0.577. The van der Waals surface area contributed by atoms with Gasteiger partial charge in [0.1, 0.15) is 17.3 Å². The lowest BCUT2D eigenvalue weighted by Gasteiger charge is -2.11. The predicted octanol–water partition coefficient (Wildman–Crippen LogP) is 3.95. The molecule has 0 heterocycles. The highest BCUT2D eigenvalue weighted by Gasteiger charge is 2.21. The Morgan fingerprint density at radius 1 is 1.24 bits per heavy atom. The van der Waals surface area contributed by atoms with E-state index in [1.807, 2.05) is 24.3 Å². The molecule has 108 valence electrons. The summed E-state index contributed by atoms with van der Waals surface area (Å²) < 4.78 is 29.2. The summed E-state index contributed by atoms with van der Waals surface area (Å²) in [5.41, 5.74) is 1.23. The average Bonchev–Trinajstić information content (AvgIpc) is 2.92. The molecule has 3 nitrogen and oxygen atoms in total. The van der Waals surface area contributed by atoms with E-state index in [9.17, 15) is 18.8 Å². The van der Waals surface area contributed by atoms with E-state index in [-0.39, 0.29) is 22.8 Å². The van der Waals surface area contributed by atoms with Gasteiger partial charge in [-0.1, -0.05) is 30.4 Å². The molecule has 0 spiro atoms. The molecule has 21 heavy (non-hydrogen) atoms. The van der Waals surface area contributed by atoms with Crippen LogP contribution in [-0.4, -0.2) is 17.7 Å². The van der Waals surface area contributed by atoms with Gasteiger partial charge < -0.3 is 14.9 Å². The maximum atomic E-state index is 12.4. The third-order valence-corrected chi connectivity index (χ3v) is 2.91. The number of hydrogen-bond donors (Lipinski definition) is 2. The first kappa shape index (κ1) is 14.9. The molecule has 0 aliphatic heterocycles. The molecule has 0 saturated heterocycles. The largest absolute Gasteiger partial charge is 0.796 e. The van der Waals surface area contributed by atoms with Crippen molar-refractivity contribution in [2.24, 2.45) is 0 Å². The van der Waals surface area contributed by atoms with Gasteiger partial charge in [-0.25, -0.2) is 8.63 Å². The summed E-state index contributed by atoms with van der Waals surface area (Å²) in [6, 6.07) is 2.45. The standard InChI is InChI=1S/C15H13BF2O3/c1-10-8-15(21-16(17)18)12(9-14(10)20)13(19)7-6-11-4-2-3-5-11/h2-9,19-20H,1H3. The number of aryl methyl sites for hydroxylation is 1. The minimum atomic E-state index is -3.01. The van der Waals surface area contributed by atoms with Crippen molar-refractivity contribution >= 4 is 13.2 Å². The molecule has 0 atom stereocenters. The van der Waals surface area contributed by atoms with Crippen molar-refractivity contribution in [1.82, 2.24) is 0 Å². The fourth-order valence-corrected chi connectivity index (χ4v) is 1.83. The zero-order chi connectivity index (χ0) is 15.4. The molecule has 1 aliphatic rings. The molecule has 1 aromatic carbocycles. The van der Waals surface area contributed by atoms with E-state index < -0.39 is 7.47 Å². The Labute approximate surface area is 121 Å². The van der Waals surface area contributed by atoms with Crippen LogP contribution in [-0.2, 0) is 0 Å². The van der Waals surface area contributed by atoms with E-state index in [4.69, 9.17) is 0 Å². The van der Waals surface area contributed by atoms with Crippen molar-refractivity contribution in [2.75, 3.05) is 0 Å². The highest BCUT2D eigenvalue weighted by Crippen LogP contribution is 2.32. The van der Waals surface area contributed by atoms with Crippen LogP contribution in [0.2, 0.25) is 0 Å². The average molecular weight is 290 g/mol. The Morgan fingerprint density at radius 2 is 1.90 bits per heavy atom. The second-order valence-corrected chi connectivity index (χ2v) is 4.45. The minimum Gasteiger partial charge on any atom is -0.508 e. The molecule has 0 aromatic heterocycles. The van der Waals surface area contributed by atoms with Crippen LogP contribution in [0.25, 0.3) is 5.76 Å². The van der Waals surface area contributed by atoms with E-state index in [0.29, 0.717) is 5.56 Å². The normalized spacial score (nSPS) is 13.7. The molecular weight excluding hydrogens is 277 g/mol. The van der Waals surface area contributed by atoms with E-state index in [1.54, 1.807) is 13.0 Å². The Hall–Kier alpha value is -2.50. The van der Waals surface area contributed by atoms with Crippen LogP contribution in [0.4, 0.5) is 8.63 Å². The molecule has 0 saturated carbocycles. The molecule has 2 rings (SSSR count). The number of aliphatic hydroxyl groups is 1.